The summed E-state index contributed by atoms with van der Waals surface area (Å²) in [6.07, 6.45) is 7.25. The number of carbonyl (C=O) groups excluding carboxylic acids is 3. The maximum Gasteiger partial charge on any atom is 0.309 e. The van der Waals surface area contributed by atoms with Gasteiger partial charge in [0.15, 0.2) is 6.61 Å². The van der Waals surface area contributed by atoms with Crippen LogP contribution in [0.1, 0.15) is 58.8 Å². The topological polar surface area (TPSA) is 63.7 Å². The molecule has 2 bridgehead atoms. The first kappa shape index (κ1) is 16.1. The smallest absolute Gasteiger partial charge is 0.309 e. The molecule has 3 saturated carbocycles. The average Bonchev–Trinajstić information content (AvgIpc) is 3.23. The number of β-lactam (4-membered cyclic amide) rings is 1. The predicted molar refractivity (Wildman–Crippen MR) is 86.7 cm³/mol. The third-order valence-corrected chi connectivity index (χ3v) is 7.36. The van der Waals surface area contributed by atoms with E-state index in [0.717, 1.165) is 12.3 Å². The van der Waals surface area contributed by atoms with Gasteiger partial charge in [0.2, 0.25) is 5.91 Å². The number of rotatable bonds is 4. The van der Waals surface area contributed by atoms with Gasteiger partial charge in [-0.2, -0.15) is 0 Å². The summed E-state index contributed by atoms with van der Waals surface area (Å²) in [7, 11) is 0. The lowest BCUT2D eigenvalue weighted by Gasteiger charge is -2.55. The third-order valence-electron chi connectivity index (χ3n) is 7.36. The van der Waals surface area contributed by atoms with Crippen LogP contribution in [-0.2, 0) is 19.1 Å². The number of likely N-dealkylation sites (tertiary alicyclic amines) is 1. The normalized spacial score (nSPS) is 40.6. The minimum atomic E-state index is -0.350. The summed E-state index contributed by atoms with van der Waals surface area (Å²) in [5.41, 5.74) is -0.243. The summed E-state index contributed by atoms with van der Waals surface area (Å²) < 4.78 is 5.15. The fraction of sp³-hybridized carbons (Fsp3) is 0.842. The molecule has 6 unspecified atom stereocenters. The molecule has 1 heterocycles. The second-order valence-electron chi connectivity index (χ2n) is 8.39. The van der Waals surface area contributed by atoms with Crippen LogP contribution in [0.15, 0.2) is 0 Å². The Morgan fingerprint density at radius 2 is 2.08 bits per heavy atom. The van der Waals surface area contributed by atoms with Gasteiger partial charge in [0.1, 0.15) is 0 Å². The van der Waals surface area contributed by atoms with Crippen LogP contribution in [0.2, 0.25) is 0 Å². The highest BCUT2D eigenvalue weighted by Gasteiger charge is 2.69. The molecule has 4 fully saturated rings. The van der Waals surface area contributed by atoms with E-state index in [0.29, 0.717) is 30.6 Å². The Labute approximate surface area is 143 Å². The van der Waals surface area contributed by atoms with E-state index in [-0.39, 0.29) is 35.8 Å². The van der Waals surface area contributed by atoms with Gasteiger partial charge in [-0.3, -0.25) is 19.3 Å². The molecule has 4 aliphatic rings. The highest BCUT2D eigenvalue weighted by Crippen LogP contribution is 2.67. The number of amides is 2. The van der Waals surface area contributed by atoms with Crippen molar-refractivity contribution in [1.82, 2.24) is 4.90 Å². The van der Waals surface area contributed by atoms with E-state index in [1.54, 1.807) is 6.92 Å². The lowest BCUT2D eigenvalue weighted by atomic mass is 9.64. The number of ether oxygens (including phenoxy) is 1. The SMILES string of the molecule is CCC(C)C(=O)OCC(=O)N1C(=O)CC12CC1CC2C2CCCC12. The van der Waals surface area contributed by atoms with Gasteiger partial charge >= 0.3 is 5.97 Å². The highest BCUT2D eigenvalue weighted by molar-refractivity contribution is 6.03. The van der Waals surface area contributed by atoms with E-state index >= 15 is 0 Å². The van der Waals surface area contributed by atoms with Gasteiger partial charge in [0, 0.05) is 0 Å². The maximum absolute atomic E-state index is 12.6. The van der Waals surface area contributed by atoms with Crippen LogP contribution in [0.25, 0.3) is 0 Å². The van der Waals surface area contributed by atoms with Crippen LogP contribution in [-0.4, -0.2) is 34.8 Å². The summed E-state index contributed by atoms with van der Waals surface area (Å²) >= 11 is 0. The zero-order valence-electron chi connectivity index (χ0n) is 14.6. The fourth-order valence-corrected chi connectivity index (χ4v) is 6.17. The Balaban J connectivity index is 1.44. The Kier molecular flexibility index (Phi) is 3.73. The first-order chi connectivity index (χ1) is 11.5. The first-order valence-electron chi connectivity index (χ1n) is 9.50. The van der Waals surface area contributed by atoms with Crippen molar-refractivity contribution in [2.75, 3.05) is 6.61 Å². The van der Waals surface area contributed by atoms with Crippen molar-refractivity contribution in [3.05, 3.63) is 0 Å². The lowest BCUT2D eigenvalue weighted by molar-refractivity contribution is -0.180. The molecule has 2 amide bonds. The Hall–Kier alpha value is -1.39. The zero-order chi connectivity index (χ0) is 17.1. The van der Waals surface area contributed by atoms with Crippen molar-refractivity contribution in [2.24, 2.45) is 29.6 Å². The standard InChI is InChI=1S/C19H27NO4/c1-3-11(2)18(23)24-10-17(22)20-16(21)9-19(20)8-12-7-15(19)14-6-4-5-13(12)14/h11-15H,3-10H2,1-2H3. The van der Waals surface area contributed by atoms with Crippen molar-refractivity contribution in [2.45, 2.75) is 64.3 Å². The van der Waals surface area contributed by atoms with Gasteiger partial charge in [-0.05, 0) is 55.8 Å². The van der Waals surface area contributed by atoms with Crippen LogP contribution >= 0.6 is 0 Å². The molecule has 1 saturated heterocycles. The van der Waals surface area contributed by atoms with E-state index in [1.165, 1.54) is 30.6 Å². The molecule has 0 N–H and O–H groups in total. The number of carbonyl (C=O) groups is 3. The van der Waals surface area contributed by atoms with Crippen molar-refractivity contribution in [3.8, 4) is 0 Å². The fourth-order valence-electron chi connectivity index (χ4n) is 6.17. The number of fused-ring (bicyclic) bond motifs is 6. The molecule has 5 nitrogen and oxygen atoms in total. The van der Waals surface area contributed by atoms with E-state index in [4.69, 9.17) is 4.74 Å². The highest BCUT2D eigenvalue weighted by atomic mass is 16.5. The monoisotopic (exact) mass is 333 g/mol. The molecule has 4 rings (SSSR count). The number of imide groups is 1. The second-order valence-corrected chi connectivity index (χ2v) is 8.39. The maximum atomic E-state index is 12.6. The minimum absolute atomic E-state index is 0.0818. The predicted octanol–water partition coefficient (Wildman–Crippen LogP) is 2.53. The van der Waals surface area contributed by atoms with Gasteiger partial charge < -0.3 is 4.74 Å². The molecular weight excluding hydrogens is 306 g/mol. The largest absolute Gasteiger partial charge is 0.455 e. The Bertz CT molecular complexity index is 588. The molecule has 5 heteroatoms. The van der Waals surface area contributed by atoms with Crippen LogP contribution in [0, 0.1) is 29.6 Å². The van der Waals surface area contributed by atoms with Crippen molar-refractivity contribution in [3.63, 3.8) is 0 Å². The van der Waals surface area contributed by atoms with Crippen LogP contribution in [0.5, 0.6) is 0 Å². The summed E-state index contributed by atoms with van der Waals surface area (Å²) in [4.78, 5) is 38.1. The van der Waals surface area contributed by atoms with Crippen LogP contribution in [0.4, 0.5) is 0 Å². The molecule has 3 aliphatic carbocycles. The van der Waals surface area contributed by atoms with Crippen molar-refractivity contribution in [1.29, 1.82) is 0 Å². The third kappa shape index (κ3) is 2.09. The quantitative estimate of drug-likeness (QED) is 0.586. The molecule has 1 aliphatic heterocycles. The summed E-state index contributed by atoms with van der Waals surface area (Å²) in [5.74, 6) is 1.76. The van der Waals surface area contributed by atoms with Gasteiger partial charge in [-0.15, -0.1) is 0 Å². The molecule has 0 aromatic carbocycles. The van der Waals surface area contributed by atoms with Gasteiger partial charge in [0.25, 0.3) is 5.91 Å². The second kappa shape index (κ2) is 5.57. The molecular formula is C19H27NO4. The van der Waals surface area contributed by atoms with Crippen LogP contribution in [0.3, 0.4) is 0 Å². The zero-order valence-corrected chi connectivity index (χ0v) is 14.6. The van der Waals surface area contributed by atoms with E-state index in [9.17, 15) is 14.4 Å². The van der Waals surface area contributed by atoms with E-state index in [2.05, 4.69) is 0 Å². The molecule has 132 valence electrons. The van der Waals surface area contributed by atoms with Crippen molar-refractivity contribution >= 4 is 17.8 Å². The molecule has 24 heavy (non-hydrogen) atoms. The number of esters is 1. The first-order valence-corrected chi connectivity index (χ1v) is 9.50. The van der Waals surface area contributed by atoms with Gasteiger partial charge in [-0.25, -0.2) is 0 Å². The molecule has 0 aromatic rings. The number of hydrogen-bond acceptors (Lipinski definition) is 4. The van der Waals surface area contributed by atoms with Crippen molar-refractivity contribution < 1.29 is 19.1 Å². The number of hydrogen-bond donors (Lipinski definition) is 0. The molecule has 0 aromatic heterocycles. The minimum Gasteiger partial charge on any atom is -0.455 e. The summed E-state index contributed by atoms with van der Waals surface area (Å²) in [6, 6.07) is 0. The Morgan fingerprint density at radius 3 is 2.79 bits per heavy atom. The van der Waals surface area contributed by atoms with Gasteiger partial charge in [0.05, 0.1) is 17.9 Å². The average molecular weight is 333 g/mol. The number of nitrogens with zero attached hydrogens (tertiary/aromatic N) is 1. The summed E-state index contributed by atoms with van der Waals surface area (Å²) in [6.45, 7) is 3.41. The Morgan fingerprint density at radius 1 is 1.33 bits per heavy atom. The van der Waals surface area contributed by atoms with E-state index < -0.39 is 0 Å². The summed E-state index contributed by atoms with van der Waals surface area (Å²) in [5, 5.41) is 0. The van der Waals surface area contributed by atoms with Gasteiger partial charge in [-0.1, -0.05) is 20.3 Å². The lowest BCUT2D eigenvalue weighted by Crippen LogP contribution is -2.70. The van der Waals surface area contributed by atoms with Crippen LogP contribution < -0.4 is 0 Å². The molecule has 6 atom stereocenters. The van der Waals surface area contributed by atoms with E-state index in [1.807, 2.05) is 6.92 Å². The molecule has 1 spiro atoms. The molecule has 0 radical (unpaired) electrons.